The summed E-state index contributed by atoms with van der Waals surface area (Å²) in [6.45, 7) is 2.55. The van der Waals surface area contributed by atoms with Gasteiger partial charge in [0, 0.05) is 29.2 Å². The predicted molar refractivity (Wildman–Crippen MR) is 82.7 cm³/mol. The molecule has 0 heterocycles. The quantitative estimate of drug-likeness (QED) is 0.873. The van der Waals surface area contributed by atoms with E-state index in [0.29, 0.717) is 17.3 Å². The van der Waals surface area contributed by atoms with Crippen molar-refractivity contribution in [1.82, 2.24) is 0 Å². The zero-order chi connectivity index (χ0) is 14.5. The Morgan fingerprint density at radius 1 is 1.20 bits per heavy atom. The van der Waals surface area contributed by atoms with Crippen molar-refractivity contribution in [3.63, 3.8) is 0 Å². The fourth-order valence-corrected chi connectivity index (χ4v) is 2.45. The van der Waals surface area contributed by atoms with E-state index in [1.165, 1.54) is 17.7 Å². The summed E-state index contributed by atoms with van der Waals surface area (Å²) in [5, 5.41) is 3.63. The van der Waals surface area contributed by atoms with Gasteiger partial charge in [0.15, 0.2) is 0 Å². The molecule has 0 aliphatic rings. The van der Waals surface area contributed by atoms with Gasteiger partial charge in [0.1, 0.15) is 5.82 Å². The fourth-order valence-electron chi connectivity index (χ4n) is 2.23. The molecule has 106 valence electrons. The summed E-state index contributed by atoms with van der Waals surface area (Å²) in [6, 6.07) is 14.5. The maximum absolute atomic E-state index is 13.4. The summed E-state index contributed by atoms with van der Waals surface area (Å²) in [5.74, 6) is -0.147. The van der Waals surface area contributed by atoms with Crippen LogP contribution in [0.3, 0.4) is 0 Å². The summed E-state index contributed by atoms with van der Waals surface area (Å²) in [4.78, 5) is 0. The van der Waals surface area contributed by atoms with E-state index in [1.54, 1.807) is 6.07 Å². The first-order valence-corrected chi connectivity index (χ1v) is 6.95. The Bertz CT molecular complexity index is 539. The first-order valence-electron chi connectivity index (χ1n) is 6.58. The Morgan fingerprint density at radius 3 is 2.50 bits per heavy atom. The average molecular weight is 293 g/mol. The zero-order valence-corrected chi connectivity index (χ0v) is 12.1. The molecule has 0 aliphatic heterocycles. The number of rotatable bonds is 5. The summed E-state index contributed by atoms with van der Waals surface area (Å²) >= 11 is 5.86. The van der Waals surface area contributed by atoms with E-state index < -0.39 is 0 Å². The van der Waals surface area contributed by atoms with Crippen molar-refractivity contribution in [2.45, 2.75) is 18.9 Å². The molecule has 0 saturated heterocycles. The molecule has 2 rings (SSSR count). The van der Waals surface area contributed by atoms with Gasteiger partial charge >= 0.3 is 0 Å². The van der Waals surface area contributed by atoms with Gasteiger partial charge in [0.2, 0.25) is 0 Å². The number of nitrogens with one attached hydrogen (secondary N) is 1. The average Bonchev–Trinajstić information content (AvgIpc) is 2.44. The summed E-state index contributed by atoms with van der Waals surface area (Å²) < 4.78 is 13.4. The molecule has 2 unspecified atom stereocenters. The third-order valence-corrected chi connectivity index (χ3v) is 3.62. The minimum absolute atomic E-state index is 0.00951. The van der Waals surface area contributed by atoms with Crippen LogP contribution < -0.4 is 11.1 Å². The monoisotopic (exact) mass is 292 g/mol. The van der Waals surface area contributed by atoms with E-state index in [-0.39, 0.29) is 17.8 Å². The highest BCUT2D eigenvalue weighted by Gasteiger charge is 2.17. The van der Waals surface area contributed by atoms with Crippen molar-refractivity contribution in [3.05, 3.63) is 64.9 Å². The maximum atomic E-state index is 13.4. The predicted octanol–water partition coefficient (Wildman–Crippen LogP) is 4.02. The van der Waals surface area contributed by atoms with E-state index in [0.717, 1.165) is 0 Å². The largest absolute Gasteiger partial charge is 0.380 e. The molecule has 4 heteroatoms. The lowest BCUT2D eigenvalue weighted by atomic mass is 9.93. The number of hydrogen-bond acceptors (Lipinski definition) is 2. The van der Waals surface area contributed by atoms with Gasteiger partial charge in [-0.2, -0.15) is 0 Å². The lowest BCUT2D eigenvalue weighted by Crippen LogP contribution is -2.33. The standard InChI is InChI=1S/C16H18ClFN2/c1-11(12-5-3-2-4-6-12)16(10-19)20-15-8-13(17)7-14(18)9-15/h2-9,11,16,20H,10,19H2,1H3. The molecule has 0 aliphatic carbocycles. The molecule has 3 N–H and O–H groups in total. The van der Waals surface area contributed by atoms with Gasteiger partial charge in [-0.3, -0.25) is 0 Å². The molecule has 0 saturated carbocycles. The number of benzene rings is 2. The molecule has 0 radical (unpaired) electrons. The third-order valence-electron chi connectivity index (χ3n) is 3.40. The van der Waals surface area contributed by atoms with Crippen LogP contribution in [0.15, 0.2) is 48.5 Å². The first-order chi connectivity index (χ1) is 9.60. The maximum Gasteiger partial charge on any atom is 0.126 e. The minimum Gasteiger partial charge on any atom is -0.380 e. The molecule has 0 fully saturated rings. The van der Waals surface area contributed by atoms with Crippen molar-refractivity contribution < 1.29 is 4.39 Å². The van der Waals surface area contributed by atoms with Gasteiger partial charge in [-0.05, 0) is 23.8 Å². The summed E-state index contributed by atoms with van der Waals surface area (Å²) in [5.41, 5.74) is 7.68. The van der Waals surface area contributed by atoms with Crippen LogP contribution in [-0.4, -0.2) is 12.6 Å². The van der Waals surface area contributed by atoms with E-state index in [9.17, 15) is 4.39 Å². The van der Waals surface area contributed by atoms with Crippen molar-refractivity contribution in [2.75, 3.05) is 11.9 Å². The van der Waals surface area contributed by atoms with Gasteiger partial charge in [0.05, 0.1) is 0 Å². The lowest BCUT2D eigenvalue weighted by Gasteiger charge is -2.25. The molecular weight excluding hydrogens is 275 g/mol. The molecular formula is C16H18ClFN2. The molecule has 20 heavy (non-hydrogen) atoms. The fraction of sp³-hybridized carbons (Fsp3) is 0.250. The minimum atomic E-state index is -0.358. The molecule has 2 aromatic rings. The van der Waals surface area contributed by atoms with E-state index in [1.807, 2.05) is 18.2 Å². The molecule has 0 amide bonds. The van der Waals surface area contributed by atoms with E-state index in [2.05, 4.69) is 24.4 Å². The zero-order valence-electron chi connectivity index (χ0n) is 11.3. The van der Waals surface area contributed by atoms with E-state index in [4.69, 9.17) is 17.3 Å². The second kappa shape index (κ2) is 6.73. The Labute approximate surface area is 123 Å². The molecule has 0 bridgehead atoms. The third kappa shape index (κ3) is 3.71. The van der Waals surface area contributed by atoms with Crippen molar-refractivity contribution >= 4 is 17.3 Å². The van der Waals surface area contributed by atoms with E-state index >= 15 is 0 Å². The van der Waals surface area contributed by atoms with Gasteiger partial charge in [0.25, 0.3) is 0 Å². The summed E-state index contributed by atoms with van der Waals surface area (Å²) in [7, 11) is 0. The first kappa shape index (κ1) is 14.8. The Kier molecular flexibility index (Phi) is 4.99. The number of anilines is 1. The smallest absolute Gasteiger partial charge is 0.126 e. The SMILES string of the molecule is CC(c1ccccc1)C(CN)Nc1cc(F)cc(Cl)c1. The highest BCUT2D eigenvalue weighted by atomic mass is 35.5. The Morgan fingerprint density at radius 2 is 1.90 bits per heavy atom. The van der Waals surface area contributed by atoms with Crippen LogP contribution >= 0.6 is 11.6 Å². The van der Waals surface area contributed by atoms with Crippen molar-refractivity contribution in [2.24, 2.45) is 5.73 Å². The highest BCUT2D eigenvalue weighted by molar-refractivity contribution is 6.30. The van der Waals surface area contributed by atoms with Crippen LogP contribution in [0, 0.1) is 5.82 Å². The van der Waals surface area contributed by atoms with Crippen LogP contribution in [0.4, 0.5) is 10.1 Å². The van der Waals surface area contributed by atoms with Gasteiger partial charge in [-0.15, -0.1) is 0 Å². The highest BCUT2D eigenvalue weighted by Crippen LogP contribution is 2.24. The Hall–Kier alpha value is -1.58. The topological polar surface area (TPSA) is 38.0 Å². The number of halogens is 2. The molecule has 2 atom stereocenters. The van der Waals surface area contributed by atoms with Crippen LogP contribution in [-0.2, 0) is 0 Å². The lowest BCUT2D eigenvalue weighted by molar-refractivity contribution is 0.607. The van der Waals surface area contributed by atoms with Gasteiger partial charge in [-0.25, -0.2) is 4.39 Å². The normalized spacial score (nSPS) is 13.8. The number of hydrogen-bond donors (Lipinski definition) is 2. The van der Waals surface area contributed by atoms with Crippen molar-refractivity contribution in [3.8, 4) is 0 Å². The molecule has 2 aromatic carbocycles. The van der Waals surface area contributed by atoms with Crippen LogP contribution in [0.2, 0.25) is 5.02 Å². The number of nitrogens with two attached hydrogens (primary N) is 1. The molecule has 0 spiro atoms. The second-order valence-electron chi connectivity index (χ2n) is 4.84. The second-order valence-corrected chi connectivity index (χ2v) is 5.28. The molecule has 0 aromatic heterocycles. The summed E-state index contributed by atoms with van der Waals surface area (Å²) in [6.07, 6.45) is 0. The van der Waals surface area contributed by atoms with Crippen LogP contribution in [0.25, 0.3) is 0 Å². The van der Waals surface area contributed by atoms with Crippen LogP contribution in [0.5, 0.6) is 0 Å². The van der Waals surface area contributed by atoms with Crippen LogP contribution in [0.1, 0.15) is 18.4 Å². The van der Waals surface area contributed by atoms with Crippen molar-refractivity contribution in [1.29, 1.82) is 0 Å². The Balaban J connectivity index is 2.16. The van der Waals surface area contributed by atoms with Gasteiger partial charge in [-0.1, -0.05) is 48.9 Å². The van der Waals surface area contributed by atoms with Gasteiger partial charge < -0.3 is 11.1 Å². The molecule has 2 nitrogen and oxygen atoms in total.